The van der Waals surface area contributed by atoms with E-state index in [0.717, 1.165) is 11.1 Å². The number of benzene rings is 2. The summed E-state index contributed by atoms with van der Waals surface area (Å²) in [7, 11) is 0. The van der Waals surface area contributed by atoms with Crippen molar-refractivity contribution in [3.05, 3.63) is 71.8 Å². The zero-order valence-electron chi connectivity index (χ0n) is 19.4. The molecule has 34 heavy (non-hydrogen) atoms. The lowest BCUT2D eigenvalue weighted by atomic mass is 10.0. The standard InChI is InChI=1S/C25H34N6O3/c1-17(32)21(13-8-14-29-25(27)28)30-24(34)22(16-19-11-6-3-7-12-19)31-23(33)20(26)15-18-9-4-2-5-10-18/h2-7,9-12,20-22H,8,13-16,26H2,1H3,(H,30,34)(H,31,33)(H4,27,28,29)/t20-,21+,22+/m1/s1. The fraction of sp³-hybridized carbons (Fsp3) is 0.360. The van der Waals surface area contributed by atoms with E-state index in [0.29, 0.717) is 25.8 Å². The quantitative estimate of drug-likeness (QED) is 0.163. The second-order valence-electron chi connectivity index (χ2n) is 8.17. The van der Waals surface area contributed by atoms with Crippen molar-refractivity contribution in [3.8, 4) is 0 Å². The van der Waals surface area contributed by atoms with Gasteiger partial charge in [0, 0.05) is 13.0 Å². The number of amides is 2. The van der Waals surface area contributed by atoms with Gasteiger partial charge < -0.3 is 27.8 Å². The van der Waals surface area contributed by atoms with Crippen molar-refractivity contribution in [2.45, 2.75) is 50.7 Å². The zero-order valence-corrected chi connectivity index (χ0v) is 19.4. The van der Waals surface area contributed by atoms with Gasteiger partial charge in [0.1, 0.15) is 6.04 Å². The Kier molecular flexibility index (Phi) is 10.7. The second kappa shape index (κ2) is 13.7. The summed E-state index contributed by atoms with van der Waals surface area (Å²) in [5, 5.41) is 5.53. The van der Waals surface area contributed by atoms with Crippen LogP contribution in [0, 0.1) is 0 Å². The van der Waals surface area contributed by atoms with Crippen LogP contribution in [0.5, 0.6) is 0 Å². The Morgan fingerprint density at radius 1 is 0.824 bits per heavy atom. The molecule has 9 heteroatoms. The van der Waals surface area contributed by atoms with Gasteiger partial charge >= 0.3 is 0 Å². The molecule has 0 spiro atoms. The molecule has 0 radical (unpaired) electrons. The fourth-order valence-corrected chi connectivity index (χ4v) is 3.45. The lowest BCUT2D eigenvalue weighted by Gasteiger charge is -2.23. The van der Waals surface area contributed by atoms with Gasteiger partial charge in [-0.2, -0.15) is 0 Å². The molecule has 0 unspecified atom stereocenters. The normalized spacial score (nSPS) is 13.2. The summed E-state index contributed by atoms with van der Waals surface area (Å²) in [4.78, 5) is 42.0. The first-order valence-electron chi connectivity index (χ1n) is 11.3. The summed E-state index contributed by atoms with van der Waals surface area (Å²) >= 11 is 0. The van der Waals surface area contributed by atoms with E-state index in [2.05, 4.69) is 15.6 Å². The minimum Gasteiger partial charge on any atom is -0.370 e. The van der Waals surface area contributed by atoms with Crippen molar-refractivity contribution in [1.82, 2.24) is 10.6 Å². The fourth-order valence-electron chi connectivity index (χ4n) is 3.45. The molecule has 9 nitrogen and oxygen atoms in total. The summed E-state index contributed by atoms with van der Waals surface area (Å²) in [5.74, 6) is -1.11. The molecule has 182 valence electrons. The molecule has 8 N–H and O–H groups in total. The highest BCUT2D eigenvalue weighted by molar-refractivity contribution is 5.93. The average Bonchev–Trinajstić information content (AvgIpc) is 2.81. The maximum atomic E-state index is 13.1. The highest BCUT2D eigenvalue weighted by Gasteiger charge is 2.27. The van der Waals surface area contributed by atoms with Gasteiger partial charge in [0.25, 0.3) is 0 Å². The molecule has 2 amide bonds. The Balaban J connectivity index is 2.08. The van der Waals surface area contributed by atoms with Gasteiger partial charge in [-0.05, 0) is 37.3 Å². The van der Waals surface area contributed by atoms with Crippen molar-refractivity contribution in [2.24, 2.45) is 22.2 Å². The van der Waals surface area contributed by atoms with Gasteiger partial charge in [0.15, 0.2) is 11.7 Å². The van der Waals surface area contributed by atoms with Crippen molar-refractivity contribution in [1.29, 1.82) is 0 Å². The van der Waals surface area contributed by atoms with E-state index in [1.54, 1.807) is 0 Å². The first kappa shape index (κ1) is 26.5. The number of Topliss-reactive ketones (excluding diaryl/α,β-unsaturated/α-hetero) is 1. The maximum Gasteiger partial charge on any atom is 0.243 e. The predicted octanol–water partition coefficient (Wildman–Crippen LogP) is 0.411. The first-order chi connectivity index (χ1) is 16.3. The van der Waals surface area contributed by atoms with Gasteiger partial charge in [-0.3, -0.25) is 19.4 Å². The van der Waals surface area contributed by atoms with Crippen LogP contribution in [0.2, 0.25) is 0 Å². The number of carbonyl (C=O) groups excluding carboxylic acids is 3. The van der Waals surface area contributed by atoms with E-state index in [-0.39, 0.29) is 18.2 Å². The summed E-state index contributed by atoms with van der Waals surface area (Å²) in [5.41, 5.74) is 18.6. The largest absolute Gasteiger partial charge is 0.370 e. The number of guanidine groups is 1. The molecule has 0 fully saturated rings. The summed E-state index contributed by atoms with van der Waals surface area (Å²) in [6.07, 6.45) is 1.49. The number of ketones is 1. The summed E-state index contributed by atoms with van der Waals surface area (Å²) in [6.45, 7) is 1.76. The molecule has 2 aromatic rings. The molecular formula is C25H34N6O3. The number of rotatable bonds is 13. The monoisotopic (exact) mass is 466 g/mol. The second-order valence-corrected chi connectivity index (χ2v) is 8.17. The lowest BCUT2D eigenvalue weighted by molar-refractivity contribution is -0.131. The minimum atomic E-state index is -0.892. The zero-order chi connectivity index (χ0) is 24.9. The molecule has 0 aliphatic heterocycles. The number of aliphatic imine (C=N–C) groups is 1. The van der Waals surface area contributed by atoms with Gasteiger partial charge in [0.2, 0.25) is 11.8 Å². The Bertz CT molecular complexity index is 961. The van der Waals surface area contributed by atoms with Crippen LogP contribution >= 0.6 is 0 Å². The Morgan fingerprint density at radius 3 is 1.88 bits per heavy atom. The van der Waals surface area contributed by atoms with Crippen molar-refractivity contribution >= 4 is 23.6 Å². The predicted molar refractivity (Wildman–Crippen MR) is 133 cm³/mol. The minimum absolute atomic E-state index is 0.0270. The van der Waals surface area contributed by atoms with Crippen LogP contribution < -0.4 is 27.8 Å². The lowest BCUT2D eigenvalue weighted by Crippen LogP contribution is -2.55. The Morgan fingerprint density at radius 2 is 1.35 bits per heavy atom. The van der Waals surface area contributed by atoms with Crippen LogP contribution in [0.3, 0.4) is 0 Å². The molecule has 0 aliphatic rings. The van der Waals surface area contributed by atoms with Crippen LogP contribution in [-0.4, -0.2) is 48.2 Å². The number of carbonyl (C=O) groups is 3. The summed E-state index contributed by atoms with van der Waals surface area (Å²) in [6, 6.07) is 16.3. The number of nitrogens with zero attached hydrogens (tertiary/aromatic N) is 1. The third-order valence-electron chi connectivity index (χ3n) is 5.30. The van der Waals surface area contributed by atoms with Crippen LogP contribution in [-0.2, 0) is 27.2 Å². The van der Waals surface area contributed by atoms with E-state index in [1.165, 1.54) is 6.92 Å². The maximum absolute atomic E-state index is 13.1. The van der Waals surface area contributed by atoms with E-state index in [9.17, 15) is 14.4 Å². The molecule has 0 bridgehead atoms. The number of nitrogens with one attached hydrogen (secondary N) is 2. The van der Waals surface area contributed by atoms with Crippen LogP contribution in [0.4, 0.5) is 0 Å². The van der Waals surface area contributed by atoms with Crippen LogP contribution in [0.15, 0.2) is 65.7 Å². The molecule has 2 aromatic carbocycles. The topological polar surface area (TPSA) is 166 Å². The van der Waals surface area contributed by atoms with Crippen LogP contribution in [0.25, 0.3) is 0 Å². The molecule has 3 atom stereocenters. The Labute approximate surface area is 200 Å². The van der Waals surface area contributed by atoms with Crippen molar-refractivity contribution in [3.63, 3.8) is 0 Å². The van der Waals surface area contributed by atoms with E-state index < -0.39 is 29.9 Å². The average molecular weight is 467 g/mol. The molecule has 2 rings (SSSR count). The molecule has 0 saturated heterocycles. The van der Waals surface area contributed by atoms with Crippen LogP contribution in [0.1, 0.15) is 30.9 Å². The number of hydrogen-bond donors (Lipinski definition) is 5. The van der Waals surface area contributed by atoms with E-state index >= 15 is 0 Å². The van der Waals surface area contributed by atoms with Gasteiger partial charge in [-0.25, -0.2) is 0 Å². The molecule has 0 heterocycles. The van der Waals surface area contributed by atoms with E-state index in [1.807, 2.05) is 60.7 Å². The smallest absolute Gasteiger partial charge is 0.243 e. The summed E-state index contributed by atoms with van der Waals surface area (Å²) < 4.78 is 0. The SMILES string of the molecule is CC(=O)[C@H](CCCN=C(N)N)NC(=O)[C@H](Cc1ccccc1)NC(=O)[C@H](N)Cc1ccccc1. The third-order valence-corrected chi connectivity index (χ3v) is 5.30. The Hall–Kier alpha value is -3.72. The molecule has 0 aliphatic carbocycles. The van der Waals surface area contributed by atoms with Crippen molar-refractivity contribution < 1.29 is 14.4 Å². The molecule has 0 saturated carbocycles. The number of nitrogens with two attached hydrogens (primary N) is 3. The van der Waals surface area contributed by atoms with Crippen molar-refractivity contribution in [2.75, 3.05) is 6.54 Å². The number of hydrogen-bond acceptors (Lipinski definition) is 5. The first-order valence-corrected chi connectivity index (χ1v) is 11.3. The highest BCUT2D eigenvalue weighted by atomic mass is 16.2. The third kappa shape index (κ3) is 9.41. The molecule has 0 aromatic heterocycles. The van der Waals surface area contributed by atoms with Gasteiger partial charge in [-0.1, -0.05) is 60.7 Å². The highest BCUT2D eigenvalue weighted by Crippen LogP contribution is 2.07. The van der Waals surface area contributed by atoms with Gasteiger partial charge in [0.05, 0.1) is 12.1 Å². The van der Waals surface area contributed by atoms with Gasteiger partial charge in [-0.15, -0.1) is 0 Å². The van der Waals surface area contributed by atoms with E-state index in [4.69, 9.17) is 17.2 Å². The molecular weight excluding hydrogens is 432 g/mol.